The van der Waals surface area contributed by atoms with E-state index in [1.165, 1.54) is 5.56 Å². The second-order valence-corrected chi connectivity index (χ2v) is 5.86. The fraction of sp³-hybridized carbons (Fsp3) is 0.222. The van der Waals surface area contributed by atoms with Crippen molar-refractivity contribution in [2.24, 2.45) is 0 Å². The number of aromatic amines is 1. The number of nitrogens with zero attached hydrogens (tertiary/aromatic N) is 4. The molecule has 6 nitrogen and oxygen atoms in total. The van der Waals surface area contributed by atoms with Gasteiger partial charge in [0, 0.05) is 30.9 Å². The van der Waals surface area contributed by atoms with Crippen LogP contribution in [0.1, 0.15) is 24.3 Å². The lowest BCUT2D eigenvalue weighted by molar-refractivity contribution is -0.120. The van der Waals surface area contributed by atoms with Crippen molar-refractivity contribution in [3.63, 3.8) is 0 Å². The van der Waals surface area contributed by atoms with Crippen LogP contribution in [0.3, 0.4) is 0 Å². The molecule has 1 aromatic carbocycles. The number of aromatic nitrogens is 4. The summed E-state index contributed by atoms with van der Waals surface area (Å²) in [6.07, 6.45) is 4.81. The molecule has 0 spiro atoms. The van der Waals surface area contributed by atoms with E-state index in [0.717, 1.165) is 12.0 Å². The van der Waals surface area contributed by atoms with Crippen molar-refractivity contribution in [3.05, 3.63) is 60.4 Å². The van der Waals surface area contributed by atoms with E-state index < -0.39 is 0 Å². The fourth-order valence-corrected chi connectivity index (χ4v) is 3.07. The Hall–Kier alpha value is -3.02. The molecule has 2 aromatic heterocycles. The molecule has 0 aliphatic carbocycles. The van der Waals surface area contributed by atoms with Crippen molar-refractivity contribution in [2.45, 2.75) is 18.8 Å². The SMILES string of the molecule is O=C1CC(c2ccccc2)CCN1c1nc(-c2ccncc2)n[nH]1. The van der Waals surface area contributed by atoms with Crippen LogP contribution in [0, 0.1) is 0 Å². The number of amides is 1. The minimum Gasteiger partial charge on any atom is -0.281 e. The topological polar surface area (TPSA) is 74.8 Å². The molecule has 24 heavy (non-hydrogen) atoms. The highest BCUT2D eigenvalue weighted by molar-refractivity contribution is 5.93. The summed E-state index contributed by atoms with van der Waals surface area (Å²) in [5.41, 5.74) is 2.10. The van der Waals surface area contributed by atoms with Crippen molar-refractivity contribution in [1.29, 1.82) is 0 Å². The maximum Gasteiger partial charge on any atom is 0.229 e. The van der Waals surface area contributed by atoms with Gasteiger partial charge >= 0.3 is 0 Å². The Balaban J connectivity index is 1.51. The molecule has 0 bridgehead atoms. The van der Waals surface area contributed by atoms with Gasteiger partial charge in [0.25, 0.3) is 0 Å². The van der Waals surface area contributed by atoms with E-state index in [1.54, 1.807) is 17.3 Å². The molecular weight excluding hydrogens is 302 g/mol. The predicted molar refractivity (Wildman–Crippen MR) is 90.4 cm³/mol. The van der Waals surface area contributed by atoms with E-state index in [2.05, 4.69) is 32.3 Å². The number of pyridine rings is 1. The lowest BCUT2D eigenvalue weighted by Crippen LogP contribution is -2.38. The molecule has 1 fully saturated rings. The quantitative estimate of drug-likeness (QED) is 0.805. The molecular formula is C18H17N5O. The third-order valence-corrected chi connectivity index (χ3v) is 4.36. The zero-order valence-corrected chi connectivity index (χ0v) is 13.1. The monoisotopic (exact) mass is 319 g/mol. The molecule has 1 N–H and O–H groups in total. The number of rotatable bonds is 3. The van der Waals surface area contributed by atoms with Gasteiger partial charge in [-0.25, -0.2) is 5.10 Å². The molecule has 3 heterocycles. The molecule has 1 atom stereocenters. The second kappa shape index (κ2) is 6.23. The van der Waals surface area contributed by atoms with Crippen molar-refractivity contribution < 1.29 is 4.79 Å². The first-order valence-corrected chi connectivity index (χ1v) is 7.99. The van der Waals surface area contributed by atoms with Crippen LogP contribution >= 0.6 is 0 Å². The highest BCUT2D eigenvalue weighted by atomic mass is 16.2. The maximum absolute atomic E-state index is 12.6. The Labute approximate surface area is 139 Å². The Morgan fingerprint density at radius 1 is 1.08 bits per heavy atom. The molecule has 6 heteroatoms. The average Bonchev–Trinajstić information content (AvgIpc) is 3.13. The van der Waals surface area contributed by atoms with Gasteiger partial charge in [0.05, 0.1) is 0 Å². The molecule has 120 valence electrons. The molecule has 1 aliphatic rings. The summed E-state index contributed by atoms with van der Waals surface area (Å²) in [7, 11) is 0. The molecule has 1 amide bonds. The van der Waals surface area contributed by atoms with Crippen LogP contribution in [0.15, 0.2) is 54.9 Å². The maximum atomic E-state index is 12.6. The number of hydrogen-bond donors (Lipinski definition) is 1. The average molecular weight is 319 g/mol. The first-order valence-electron chi connectivity index (χ1n) is 7.99. The van der Waals surface area contributed by atoms with E-state index in [4.69, 9.17) is 0 Å². The van der Waals surface area contributed by atoms with Crippen molar-refractivity contribution >= 4 is 11.9 Å². The number of carbonyl (C=O) groups excluding carboxylic acids is 1. The molecule has 0 radical (unpaired) electrons. The van der Waals surface area contributed by atoms with E-state index in [-0.39, 0.29) is 11.8 Å². The van der Waals surface area contributed by atoms with E-state index in [9.17, 15) is 4.79 Å². The Morgan fingerprint density at radius 2 is 1.88 bits per heavy atom. The van der Waals surface area contributed by atoms with Gasteiger partial charge in [0.1, 0.15) is 0 Å². The van der Waals surface area contributed by atoms with Gasteiger partial charge in [-0.15, -0.1) is 0 Å². The van der Waals surface area contributed by atoms with E-state index in [1.807, 2.05) is 30.3 Å². The first-order chi connectivity index (χ1) is 11.8. The summed E-state index contributed by atoms with van der Waals surface area (Å²) in [5.74, 6) is 1.44. The number of anilines is 1. The molecule has 3 aromatic rings. The lowest BCUT2D eigenvalue weighted by Gasteiger charge is -2.29. The smallest absolute Gasteiger partial charge is 0.229 e. The number of piperidine rings is 1. The van der Waals surface area contributed by atoms with Crippen LogP contribution < -0.4 is 4.90 Å². The van der Waals surface area contributed by atoms with Crippen molar-refractivity contribution in [2.75, 3.05) is 11.4 Å². The van der Waals surface area contributed by atoms with Gasteiger partial charge in [-0.2, -0.15) is 10.1 Å². The zero-order valence-electron chi connectivity index (χ0n) is 13.1. The van der Waals surface area contributed by atoms with Crippen molar-refractivity contribution in [3.8, 4) is 11.4 Å². The highest BCUT2D eigenvalue weighted by Gasteiger charge is 2.29. The van der Waals surface area contributed by atoms with Gasteiger partial charge in [-0.3, -0.25) is 14.7 Å². The minimum absolute atomic E-state index is 0.0764. The molecule has 0 saturated carbocycles. The highest BCUT2D eigenvalue weighted by Crippen LogP contribution is 2.30. The number of carbonyl (C=O) groups is 1. The van der Waals surface area contributed by atoms with Crippen LogP contribution in [0.4, 0.5) is 5.95 Å². The summed E-state index contributed by atoms with van der Waals surface area (Å²) in [6.45, 7) is 0.642. The summed E-state index contributed by atoms with van der Waals surface area (Å²) in [6, 6.07) is 13.9. The summed E-state index contributed by atoms with van der Waals surface area (Å²) >= 11 is 0. The van der Waals surface area contributed by atoms with Gasteiger partial charge in [-0.1, -0.05) is 30.3 Å². The van der Waals surface area contributed by atoms with Gasteiger partial charge < -0.3 is 0 Å². The van der Waals surface area contributed by atoms with Crippen LogP contribution in [0.5, 0.6) is 0 Å². The number of H-pyrrole nitrogens is 1. The normalized spacial score (nSPS) is 17.9. The largest absolute Gasteiger partial charge is 0.281 e. The molecule has 1 unspecified atom stereocenters. The summed E-state index contributed by atoms with van der Waals surface area (Å²) in [4.78, 5) is 22.7. The number of nitrogens with one attached hydrogen (secondary N) is 1. The van der Waals surface area contributed by atoms with Gasteiger partial charge in [0.15, 0.2) is 5.82 Å². The third-order valence-electron chi connectivity index (χ3n) is 4.36. The van der Waals surface area contributed by atoms with E-state index >= 15 is 0 Å². The molecule has 4 rings (SSSR count). The Morgan fingerprint density at radius 3 is 2.62 bits per heavy atom. The minimum atomic E-state index is 0.0764. The lowest BCUT2D eigenvalue weighted by atomic mass is 9.89. The van der Waals surface area contributed by atoms with Crippen molar-refractivity contribution in [1.82, 2.24) is 20.2 Å². The summed E-state index contributed by atoms with van der Waals surface area (Å²) in [5, 5.41) is 7.10. The fourth-order valence-electron chi connectivity index (χ4n) is 3.07. The predicted octanol–water partition coefficient (Wildman–Crippen LogP) is 2.78. The molecule has 1 aliphatic heterocycles. The number of hydrogen-bond acceptors (Lipinski definition) is 4. The first kappa shape index (κ1) is 14.6. The third kappa shape index (κ3) is 2.78. The van der Waals surface area contributed by atoms with Gasteiger partial charge in [-0.05, 0) is 30.0 Å². The standard InChI is InChI=1S/C18H17N5O/c24-16-12-15(13-4-2-1-3-5-13)8-11-23(16)18-20-17(21-22-18)14-6-9-19-10-7-14/h1-7,9-10,15H,8,11-12H2,(H,20,21,22). The van der Waals surface area contributed by atoms with Crippen LogP contribution in [-0.4, -0.2) is 32.6 Å². The summed E-state index contributed by atoms with van der Waals surface area (Å²) < 4.78 is 0. The molecule has 1 saturated heterocycles. The zero-order chi connectivity index (χ0) is 16.4. The van der Waals surface area contributed by atoms with E-state index in [0.29, 0.717) is 24.7 Å². The number of benzene rings is 1. The van der Waals surface area contributed by atoms with Crippen LogP contribution in [-0.2, 0) is 4.79 Å². The Bertz CT molecular complexity index is 831. The Kier molecular flexibility index (Phi) is 3.78. The van der Waals surface area contributed by atoms with Crippen LogP contribution in [0.25, 0.3) is 11.4 Å². The van der Waals surface area contributed by atoms with Crippen LogP contribution in [0.2, 0.25) is 0 Å². The second-order valence-electron chi connectivity index (χ2n) is 5.86. The van der Waals surface area contributed by atoms with Gasteiger partial charge in [0.2, 0.25) is 11.9 Å².